The Labute approximate surface area is 105 Å². The summed E-state index contributed by atoms with van der Waals surface area (Å²) in [6, 6.07) is 6.10. The maximum Gasteiger partial charge on any atom is 0.273 e. The number of hydrogen-bond acceptors (Lipinski definition) is 4. The van der Waals surface area contributed by atoms with Gasteiger partial charge in [-0.05, 0) is 6.92 Å². The number of para-hydroxylation sites is 1. The number of rotatable bonds is 6. The molecule has 0 aliphatic rings. The van der Waals surface area contributed by atoms with Crippen LogP contribution in [-0.4, -0.2) is 30.6 Å². The molecule has 1 N–H and O–H groups in total. The van der Waals surface area contributed by atoms with Crippen molar-refractivity contribution in [2.24, 2.45) is 0 Å². The van der Waals surface area contributed by atoms with Gasteiger partial charge in [-0.2, -0.15) is 0 Å². The number of nitrogens with zero attached hydrogens (tertiary/aromatic N) is 1. The lowest BCUT2D eigenvalue weighted by atomic mass is 10.1. The van der Waals surface area contributed by atoms with E-state index >= 15 is 0 Å². The lowest BCUT2D eigenvalue weighted by molar-refractivity contribution is -0.385. The molecular formula is C12H16N2O4. The summed E-state index contributed by atoms with van der Waals surface area (Å²) in [5.41, 5.74) is 0.372. The van der Waals surface area contributed by atoms with Crippen LogP contribution in [0.5, 0.6) is 0 Å². The molecule has 0 saturated carbocycles. The van der Waals surface area contributed by atoms with Crippen molar-refractivity contribution in [1.29, 1.82) is 0 Å². The van der Waals surface area contributed by atoms with Crippen molar-refractivity contribution in [3.05, 3.63) is 39.9 Å². The van der Waals surface area contributed by atoms with Crippen molar-refractivity contribution in [2.45, 2.75) is 19.4 Å². The summed E-state index contributed by atoms with van der Waals surface area (Å²) in [5.74, 6) is -0.256. The van der Waals surface area contributed by atoms with Gasteiger partial charge < -0.3 is 10.1 Å². The highest BCUT2D eigenvalue weighted by Crippen LogP contribution is 2.17. The van der Waals surface area contributed by atoms with Crippen LogP contribution in [0.15, 0.2) is 24.3 Å². The third-order valence-corrected chi connectivity index (χ3v) is 2.36. The smallest absolute Gasteiger partial charge is 0.273 e. The molecule has 1 atom stereocenters. The molecule has 1 aromatic carbocycles. The number of hydrogen-bond donors (Lipinski definition) is 1. The Balaban J connectivity index is 2.67. The van der Waals surface area contributed by atoms with E-state index in [-0.39, 0.29) is 24.1 Å². The number of carbonyl (C=O) groups is 1. The molecule has 1 aromatic rings. The fourth-order valence-electron chi connectivity index (χ4n) is 1.63. The lowest BCUT2D eigenvalue weighted by Crippen LogP contribution is -2.36. The van der Waals surface area contributed by atoms with E-state index in [0.717, 1.165) is 0 Å². The Morgan fingerprint density at radius 1 is 1.50 bits per heavy atom. The second kappa shape index (κ2) is 6.70. The summed E-state index contributed by atoms with van der Waals surface area (Å²) in [5, 5.41) is 13.5. The predicted molar refractivity (Wildman–Crippen MR) is 66.3 cm³/mol. The molecule has 0 radical (unpaired) electrons. The Bertz CT molecular complexity index is 434. The second-order valence-electron chi connectivity index (χ2n) is 3.99. The van der Waals surface area contributed by atoms with E-state index in [1.165, 1.54) is 6.07 Å². The molecule has 18 heavy (non-hydrogen) atoms. The fraction of sp³-hybridized carbons (Fsp3) is 0.417. The predicted octanol–water partition coefficient (Wildman–Crippen LogP) is 1.29. The first-order valence-corrected chi connectivity index (χ1v) is 5.55. The molecule has 6 heteroatoms. The molecule has 1 unspecified atom stereocenters. The Morgan fingerprint density at radius 3 is 2.78 bits per heavy atom. The maximum atomic E-state index is 11.7. The average Bonchev–Trinajstić information content (AvgIpc) is 2.29. The summed E-state index contributed by atoms with van der Waals surface area (Å²) in [4.78, 5) is 22.0. The number of ether oxygens (including phenoxy) is 1. The quantitative estimate of drug-likeness (QED) is 0.611. The first-order valence-electron chi connectivity index (χ1n) is 5.55. The zero-order valence-electron chi connectivity index (χ0n) is 10.4. The molecule has 0 aromatic heterocycles. The van der Waals surface area contributed by atoms with Gasteiger partial charge in [0, 0.05) is 24.8 Å². The topological polar surface area (TPSA) is 81.5 Å². The summed E-state index contributed by atoms with van der Waals surface area (Å²) in [7, 11) is 1.55. The number of carbonyl (C=O) groups excluding carboxylic acids is 1. The first kappa shape index (κ1) is 14.1. The fourth-order valence-corrected chi connectivity index (χ4v) is 1.63. The number of nitro benzene ring substituents is 1. The lowest BCUT2D eigenvalue weighted by Gasteiger charge is -2.12. The normalized spacial score (nSPS) is 11.9. The number of amides is 1. The maximum absolute atomic E-state index is 11.7. The minimum Gasteiger partial charge on any atom is -0.383 e. The van der Waals surface area contributed by atoms with E-state index in [1.54, 1.807) is 32.2 Å². The molecule has 0 heterocycles. The molecular weight excluding hydrogens is 236 g/mol. The van der Waals surface area contributed by atoms with Gasteiger partial charge in [-0.3, -0.25) is 14.9 Å². The van der Waals surface area contributed by atoms with Gasteiger partial charge in [-0.15, -0.1) is 0 Å². The highest BCUT2D eigenvalue weighted by Gasteiger charge is 2.16. The van der Waals surface area contributed by atoms with E-state index in [2.05, 4.69) is 5.32 Å². The van der Waals surface area contributed by atoms with Crippen molar-refractivity contribution < 1.29 is 14.5 Å². The molecule has 0 fully saturated rings. The second-order valence-corrected chi connectivity index (χ2v) is 3.99. The Hall–Kier alpha value is -1.95. The molecule has 0 bridgehead atoms. The van der Waals surface area contributed by atoms with E-state index in [0.29, 0.717) is 12.2 Å². The summed E-state index contributed by atoms with van der Waals surface area (Å²) >= 11 is 0. The van der Waals surface area contributed by atoms with Crippen LogP contribution >= 0.6 is 0 Å². The van der Waals surface area contributed by atoms with E-state index < -0.39 is 4.92 Å². The van der Waals surface area contributed by atoms with Gasteiger partial charge in [0.1, 0.15) is 0 Å². The van der Waals surface area contributed by atoms with E-state index in [4.69, 9.17) is 4.74 Å². The average molecular weight is 252 g/mol. The highest BCUT2D eigenvalue weighted by atomic mass is 16.6. The van der Waals surface area contributed by atoms with E-state index in [1.807, 2.05) is 0 Å². The van der Waals surface area contributed by atoms with Crippen molar-refractivity contribution >= 4 is 11.6 Å². The molecule has 1 rings (SSSR count). The summed E-state index contributed by atoms with van der Waals surface area (Å²) in [6.07, 6.45) is -0.00872. The van der Waals surface area contributed by atoms with Gasteiger partial charge in [0.05, 0.1) is 18.0 Å². The molecule has 0 aliphatic heterocycles. The number of benzene rings is 1. The van der Waals surface area contributed by atoms with Crippen LogP contribution in [0.1, 0.15) is 12.5 Å². The van der Waals surface area contributed by atoms with E-state index in [9.17, 15) is 14.9 Å². The third kappa shape index (κ3) is 4.14. The van der Waals surface area contributed by atoms with Crippen LogP contribution in [0, 0.1) is 10.1 Å². The van der Waals surface area contributed by atoms with Gasteiger partial charge in [0.25, 0.3) is 5.69 Å². The van der Waals surface area contributed by atoms with Crippen LogP contribution in [0.4, 0.5) is 5.69 Å². The van der Waals surface area contributed by atoms with Crippen molar-refractivity contribution in [1.82, 2.24) is 5.32 Å². The summed E-state index contributed by atoms with van der Waals surface area (Å²) < 4.78 is 4.89. The third-order valence-electron chi connectivity index (χ3n) is 2.36. The zero-order valence-corrected chi connectivity index (χ0v) is 10.4. The molecule has 0 aliphatic carbocycles. The van der Waals surface area contributed by atoms with Crippen LogP contribution in [-0.2, 0) is 16.0 Å². The van der Waals surface area contributed by atoms with Gasteiger partial charge in [-0.1, -0.05) is 18.2 Å². The minimum absolute atomic E-state index is 0.00872. The summed E-state index contributed by atoms with van der Waals surface area (Å²) in [6.45, 7) is 2.21. The highest BCUT2D eigenvalue weighted by molar-refractivity contribution is 5.80. The SMILES string of the molecule is COCC(C)NC(=O)Cc1ccccc1[N+](=O)[O-]. The van der Waals surface area contributed by atoms with Crippen molar-refractivity contribution in [2.75, 3.05) is 13.7 Å². The van der Waals surface area contributed by atoms with Crippen LogP contribution in [0.3, 0.4) is 0 Å². The Kier molecular flexibility index (Phi) is 5.26. The van der Waals surface area contributed by atoms with Crippen LogP contribution in [0.25, 0.3) is 0 Å². The molecule has 0 saturated heterocycles. The number of nitrogens with one attached hydrogen (secondary N) is 1. The number of nitro groups is 1. The zero-order chi connectivity index (χ0) is 13.5. The first-order chi connectivity index (χ1) is 8.54. The molecule has 98 valence electrons. The minimum atomic E-state index is -0.485. The largest absolute Gasteiger partial charge is 0.383 e. The molecule has 0 spiro atoms. The number of methoxy groups -OCH3 is 1. The molecule has 6 nitrogen and oxygen atoms in total. The van der Waals surface area contributed by atoms with Gasteiger partial charge >= 0.3 is 0 Å². The standard InChI is InChI=1S/C12H16N2O4/c1-9(8-18-2)13-12(15)7-10-5-3-4-6-11(10)14(16)17/h3-6,9H,7-8H2,1-2H3,(H,13,15). The van der Waals surface area contributed by atoms with Gasteiger partial charge in [-0.25, -0.2) is 0 Å². The van der Waals surface area contributed by atoms with Crippen molar-refractivity contribution in [3.63, 3.8) is 0 Å². The molecule has 1 amide bonds. The van der Waals surface area contributed by atoms with Gasteiger partial charge in [0.15, 0.2) is 0 Å². The monoisotopic (exact) mass is 252 g/mol. The van der Waals surface area contributed by atoms with Crippen LogP contribution in [0.2, 0.25) is 0 Å². The Morgan fingerprint density at radius 2 is 2.17 bits per heavy atom. The van der Waals surface area contributed by atoms with Crippen molar-refractivity contribution in [3.8, 4) is 0 Å². The van der Waals surface area contributed by atoms with Gasteiger partial charge in [0.2, 0.25) is 5.91 Å². The van der Waals surface area contributed by atoms with Crippen LogP contribution < -0.4 is 5.32 Å².